The van der Waals surface area contributed by atoms with Crippen molar-refractivity contribution in [3.8, 4) is 11.5 Å². The minimum absolute atomic E-state index is 0.0619. The number of aryl methyl sites for hydroxylation is 1. The summed E-state index contributed by atoms with van der Waals surface area (Å²) >= 11 is 1.05. The van der Waals surface area contributed by atoms with Crippen LogP contribution in [0.1, 0.15) is 27.0 Å². The number of carbonyl (C=O) groups excluding carboxylic acids is 1. The van der Waals surface area contributed by atoms with Gasteiger partial charge in [-0.15, -0.1) is 0 Å². The summed E-state index contributed by atoms with van der Waals surface area (Å²) < 4.78 is 19.1. The molecule has 33 heavy (non-hydrogen) atoms. The second-order valence-electron chi connectivity index (χ2n) is 7.69. The molecule has 8 heteroatoms. The number of ether oxygens (including phenoxy) is 2. The zero-order chi connectivity index (χ0) is 22.9. The number of aromatic nitrogens is 2. The maximum absolute atomic E-state index is 13.7. The summed E-state index contributed by atoms with van der Waals surface area (Å²) in [6, 6.07) is 17.6. The third-order valence-electron chi connectivity index (χ3n) is 5.47. The smallest absolute Gasteiger partial charge is 0.336 e. The lowest BCUT2D eigenvalue weighted by atomic mass is 9.89. The predicted octanol–water partition coefficient (Wildman–Crippen LogP) is 4.69. The molecule has 3 aromatic carbocycles. The second-order valence-corrected chi connectivity index (χ2v) is 8.21. The zero-order valence-corrected chi connectivity index (χ0v) is 18.4. The van der Waals surface area contributed by atoms with Gasteiger partial charge in [-0.05, 0) is 48.4 Å². The van der Waals surface area contributed by atoms with Crippen LogP contribution in [0.15, 0.2) is 66.2 Å². The molecule has 4 aromatic rings. The van der Waals surface area contributed by atoms with Crippen LogP contribution < -0.4 is 9.47 Å². The summed E-state index contributed by atoms with van der Waals surface area (Å²) in [5, 5.41) is 10.2. The monoisotopic (exact) mass is 458 g/mol. The largest absolute Gasteiger partial charge is 0.478 e. The van der Waals surface area contributed by atoms with Crippen molar-refractivity contribution in [3.05, 3.63) is 88.5 Å². The molecule has 7 nitrogen and oxygen atoms in total. The van der Waals surface area contributed by atoms with Gasteiger partial charge in [0.2, 0.25) is 6.79 Å². The summed E-state index contributed by atoms with van der Waals surface area (Å²) in [6.07, 6.45) is 0.155. The number of hydrogen-bond acceptors (Lipinski definition) is 7. The molecule has 0 spiro atoms. The van der Waals surface area contributed by atoms with Crippen molar-refractivity contribution in [1.29, 1.82) is 0 Å². The van der Waals surface area contributed by atoms with Crippen molar-refractivity contribution in [2.75, 3.05) is 6.79 Å². The Balaban J connectivity index is 1.67. The molecule has 1 N–H and O–H groups in total. The fourth-order valence-electron chi connectivity index (χ4n) is 3.77. The average Bonchev–Trinajstić information content (AvgIpc) is 3.47. The standard InChI is InChI=1S/C25H18N2O5S/c1-14-2-4-15(5-3-14)10-18(24(28)17-7-9-21-22(12-17)32-13-31-21)23(25(29)30)16-6-8-19-20(11-16)27-33-26-19/h2-9,11-12H,10,13H2,1H3,(H,29,30)/b23-18+. The quantitative estimate of drug-likeness (QED) is 0.330. The fraction of sp³-hybridized carbons (Fsp3) is 0.120. The van der Waals surface area contributed by atoms with Gasteiger partial charge in [-0.25, -0.2) is 4.79 Å². The van der Waals surface area contributed by atoms with Crippen LogP contribution in [0.2, 0.25) is 0 Å². The molecule has 1 aromatic heterocycles. The number of benzene rings is 3. The van der Waals surface area contributed by atoms with E-state index in [9.17, 15) is 14.7 Å². The van der Waals surface area contributed by atoms with Crippen LogP contribution in [-0.4, -0.2) is 32.4 Å². The fourth-order valence-corrected chi connectivity index (χ4v) is 4.29. The number of allylic oxidation sites excluding steroid dienone is 1. The number of carboxylic acids is 1. The van der Waals surface area contributed by atoms with Crippen LogP contribution in [0.25, 0.3) is 16.6 Å². The molecular weight excluding hydrogens is 440 g/mol. The Morgan fingerprint density at radius 3 is 2.42 bits per heavy atom. The summed E-state index contributed by atoms with van der Waals surface area (Å²) in [7, 11) is 0. The van der Waals surface area contributed by atoms with E-state index in [0.29, 0.717) is 33.7 Å². The van der Waals surface area contributed by atoms with E-state index in [1.807, 2.05) is 31.2 Å². The lowest BCUT2D eigenvalue weighted by molar-refractivity contribution is -0.130. The van der Waals surface area contributed by atoms with Crippen molar-refractivity contribution in [2.45, 2.75) is 13.3 Å². The summed E-state index contributed by atoms with van der Waals surface area (Å²) in [5.74, 6) is -0.561. The highest BCUT2D eigenvalue weighted by molar-refractivity contribution is 7.00. The number of rotatable bonds is 6. The minimum atomic E-state index is -1.19. The molecule has 1 aliphatic rings. The van der Waals surface area contributed by atoms with Gasteiger partial charge in [-0.2, -0.15) is 8.75 Å². The first-order chi connectivity index (χ1) is 16.0. The van der Waals surface area contributed by atoms with Gasteiger partial charge in [0.25, 0.3) is 0 Å². The van der Waals surface area contributed by atoms with E-state index in [1.54, 1.807) is 36.4 Å². The van der Waals surface area contributed by atoms with Gasteiger partial charge in [0.15, 0.2) is 17.3 Å². The highest BCUT2D eigenvalue weighted by atomic mass is 32.1. The molecule has 0 atom stereocenters. The molecule has 0 unspecified atom stereocenters. The molecule has 5 rings (SSSR count). The molecule has 0 amide bonds. The van der Waals surface area contributed by atoms with Crippen molar-refractivity contribution in [3.63, 3.8) is 0 Å². The molecule has 0 fully saturated rings. The first kappa shape index (κ1) is 20.8. The second kappa shape index (κ2) is 8.48. The highest BCUT2D eigenvalue weighted by Crippen LogP contribution is 2.34. The van der Waals surface area contributed by atoms with Gasteiger partial charge in [-0.1, -0.05) is 35.9 Å². The van der Waals surface area contributed by atoms with Crippen LogP contribution >= 0.6 is 11.7 Å². The highest BCUT2D eigenvalue weighted by Gasteiger charge is 2.26. The topological polar surface area (TPSA) is 98.6 Å². The Bertz CT molecular complexity index is 1420. The van der Waals surface area contributed by atoms with Crippen LogP contribution in [0.3, 0.4) is 0 Å². The van der Waals surface area contributed by atoms with Crippen LogP contribution in [0.5, 0.6) is 11.5 Å². The van der Waals surface area contributed by atoms with Crippen molar-refractivity contribution < 1.29 is 24.2 Å². The molecule has 0 saturated carbocycles. The number of fused-ring (bicyclic) bond motifs is 2. The number of aliphatic carboxylic acids is 1. The van der Waals surface area contributed by atoms with Gasteiger partial charge in [-0.3, -0.25) is 4.79 Å². The van der Waals surface area contributed by atoms with Gasteiger partial charge in [0.1, 0.15) is 11.0 Å². The number of ketones is 1. The summed E-state index contributed by atoms with van der Waals surface area (Å²) in [5.41, 5.74) is 4.01. The zero-order valence-electron chi connectivity index (χ0n) is 17.6. The molecule has 164 valence electrons. The van der Waals surface area contributed by atoms with Gasteiger partial charge in [0, 0.05) is 17.6 Å². The Hall–Kier alpha value is -4.04. The van der Waals surface area contributed by atoms with E-state index in [4.69, 9.17) is 9.47 Å². The Morgan fingerprint density at radius 1 is 0.909 bits per heavy atom. The van der Waals surface area contributed by atoms with E-state index in [-0.39, 0.29) is 30.1 Å². The average molecular weight is 458 g/mol. The minimum Gasteiger partial charge on any atom is -0.478 e. The van der Waals surface area contributed by atoms with E-state index in [2.05, 4.69) is 8.75 Å². The van der Waals surface area contributed by atoms with E-state index in [1.165, 1.54) is 0 Å². The Kier molecular flexibility index (Phi) is 5.35. The van der Waals surface area contributed by atoms with Crippen molar-refractivity contribution >= 4 is 40.1 Å². The van der Waals surface area contributed by atoms with Gasteiger partial charge in [0.05, 0.1) is 17.3 Å². The first-order valence-electron chi connectivity index (χ1n) is 10.2. The number of carbonyl (C=O) groups is 2. The number of hydrogen-bond donors (Lipinski definition) is 1. The molecular formula is C25H18N2O5S. The number of Topliss-reactive ketones (excluding diaryl/α,β-unsaturated/α-hetero) is 1. The molecule has 0 radical (unpaired) electrons. The van der Waals surface area contributed by atoms with E-state index in [0.717, 1.165) is 22.9 Å². The van der Waals surface area contributed by atoms with Gasteiger partial charge < -0.3 is 14.6 Å². The van der Waals surface area contributed by atoms with E-state index >= 15 is 0 Å². The number of nitrogens with zero attached hydrogens (tertiary/aromatic N) is 2. The molecule has 2 heterocycles. The summed E-state index contributed by atoms with van der Waals surface area (Å²) in [4.78, 5) is 26.2. The van der Waals surface area contributed by atoms with Crippen LogP contribution in [-0.2, 0) is 11.2 Å². The lowest BCUT2D eigenvalue weighted by Crippen LogP contribution is -2.14. The lowest BCUT2D eigenvalue weighted by Gasteiger charge is -2.14. The van der Waals surface area contributed by atoms with Crippen molar-refractivity contribution in [2.24, 2.45) is 0 Å². The maximum Gasteiger partial charge on any atom is 0.336 e. The maximum atomic E-state index is 13.7. The summed E-state index contributed by atoms with van der Waals surface area (Å²) in [6.45, 7) is 2.05. The van der Waals surface area contributed by atoms with E-state index < -0.39 is 5.97 Å². The Labute approximate surface area is 193 Å². The third kappa shape index (κ3) is 4.08. The van der Waals surface area contributed by atoms with Crippen LogP contribution in [0.4, 0.5) is 0 Å². The molecule has 0 aliphatic carbocycles. The predicted molar refractivity (Wildman–Crippen MR) is 124 cm³/mol. The van der Waals surface area contributed by atoms with Crippen LogP contribution in [0, 0.1) is 6.92 Å². The number of carboxylic acid groups (broad SMARTS) is 1. The van der Waals surface area contributed by atoms with Gasteiger partial charge >= 0.3 is 5.97 Å². The van der Waals surface area contributed by atoms with Crippen molar-refractivity contribution in [1.82, 2.24) is 8.75 Å². The third-order valence-corrected chi connectivity index (χ3v) is 6.03. The molecule has 0 bridgehead atoms. The molecule has 1 aliphatic heterocycles. The Morgan fingerprint density at radius 2 is 1.64 bits per heavy atom. The first-order valence-corrected chi connectivity index (χ1v) is 10.9. The molecule has 0 saturated heterocycles. The SMILES string of the molecule is Cc1ccc(C/C(C(=O)c2ccc3c(c2)OCO3)=C(\C(=O)O)c2ccc3nsnc3c2)cc1. The normalized spacial score (nSPS) is 13.1.